The topological polar surface area (TPSA) is 130 Å². The second-order valence-corrected chi connectivity index (χ2v) is 8.28. The van der Waals surface area contributed by atoms with Gasteiger partial charge in [0.1, 0.15) is 6.04 Å². The molecule has 2 amide bonds. The van der Waals surface area contributed by atoms with E-state index in [1.165, 1.54) is 4.57 Å². The van der Waals surface area contributed by atoms with E-state index in [-0.39, 0.29) is 24.6 Å². The summed E-state index contributed by atoms with van der Waals surface area (Å²) in [6.45, 7) is 3.83. The number of aliphatic hydroxyl groups excluding tert-OH is 1. The molecule has 1 aliphatic rings. The van der Waals surface area contributed by atoms with Gasteiger partial charge in [-0.05, 0) is 37.0 Å². The van der Waals surface area contributed by atoms with E-state index in [4.69, 9.17) is 24.1 Å². The summed E-state index contributed by atoms with van der Waals surface area (Å²) < 4.78 is 24.5. The number of rotatable bonds is 16. The summed E-state index contributed by atoms with van der Waals surface area (Å²) in [4.78, 5) is 36.6. The molecule has 0 bridgehead atoms. The Labute approximate surface area is 203 Å². The van der Waals surface area contributed by atoms with Crippen LogP contribution in [-0.2, 0) is 42.0 Å². The summed E-state index contributed by atoms with van der Waals surface area (Å²) in [5, 5.41) is 10.9. The molecule has 1 aliphatic heterocycles. The molecule has 11 nitrogen and oxygen atoms in total. The lowest BCUT2D eigenvalue weighted by molar-refractivity contribution is -0.135. The molecular formula is C24H35N3O8. The summed E-state index contributed by atoms with van der Waals surface area (Å²) in [5.41, 5.74) is 2.25. The van der Waals surface area contributed by atoms with E-state index in [1.807, 2.05) is 18.2 Å². The number of carbonyl (C=O) groups is 2. The van der Waals surface area contributed by atoms with E-state index in [0.717, 1.165) is 23.9 Å². The summed E-state index contributed by atoms with van der Waals surface area (Å²) in [7, 11) is 1.69. The summed E-state index contributed by atoms with van der Waals surface area (Å²) in [6.07, 6.45) is 2.16. The Bertz CT molecular complexity index is 1030. The van der Waals surface area contributed by atoms with Crippen LogP contribution in [0.1, 0.15) is 30.9 Å². The number of carbonyl (C=O) groups excluding carboxylic acids is 2. The number of fused-ring (bicyclic) bond motifs is 1. The van der Waals surface area contributed by atoms with Crippen molar-refractivity contribution in [2.75, 3.05) is 59.5 Å². The van der Waals surface area contributed by atoms with Crippen LogP contribution >= 0.6 is 0 Å². The predicted octanol–water partition coefficient (Wildman–Crippen LogP) is 0.309. The van der Waals surface area contributed by atoms with Gasteiger partial charge < -0.3 is 24.1 Å². The Morgan fingerprint density at radius 1 is 0.914 bits per heavy atom. The first-order chi connectivity index (χ1) is 17.0. The molecule has 0 saturated carbocycles. The number of ether oxygens (including phenoxy) is 4. The van der Waals surface area contributed by atoms with Crippen molar-refractivity contribution in [2.45, 2.75) is 31.7 Å². The van der Waals surface area contributed by atoms with Crippen LogP contribution in [0.4, 0.5) is 0 Å². The standard InChI is InChI=1S/C24H35N3O8/c1-26-21-17-18(3-2-9-32-11-13-34-15-16-35-14-12-33-10-8-28)4-5-19(21)27(24(26)31)20-6-7-22(29)25-23(20)30/h4-5,17,20,28H,2-3,6-16H2,1H3,(H,25,29,30). The minimum Gasteiger partial charge on any atom is -0.394 e. The van der Waals surface area contributed by atoms with E-state index in [1.54, 1.807) is 11.6 Å². The van der Waals surface area contributed by atoms with Crippen molar-refractivity contribution in [3.63, 3.8) is 0 Å². The molecule has 194 valence electrons. The number of aliphatic hydroxyl groups is 1. The van der Waals surface area contributed by atoms with Crippen molar-refractivity contribution in [1.29, 1.82) is 0 Å². The zero-order chi connectivity index (χ0) is 25.0. The number of imide groups is 1. The van der Waals surface area contributed by atoms with Crippen LogP contribution < -0.4 is 11.0 Å². The van der Waals surface area contributed by atoms with Gasteiger partial charge >= 0.3 is 5.69 Å². The van der Waals surface area contributed by atoms with Crippen LogP contribution in [0.15, 0.2) is 23.0 Å². The van der Waals surface area contributed by atoms with Gasteiger partial charge in [0, 0.05) is 20.1 Å². The lowest BCUT2D eigenvalue weighted by atomic mass is 10.1. The molecule has 1 unspecified atom stereocenters. The molecule has 1 aromatic heterocycles. The van der Waals surface area contributed by atoms with Crippen LogP contribution in [0.25, 0.3) is 11.0 Å². The minimum absolute atomic E-state index is 0.0139. The maximum absolute atomic E-state index is 12.8. The number of nitrogens with zero attached hydrogens (tertiary/aromatic N) is 2. The van der Waals surface area contributed by atoms with Crippen molar-refractivity contribution >= 4 is 22.8 Å². The number of aromatic nitrogens is 2. The molecule has 11 heteroatoms. The third-order valence-electron chi connectivity index (χ3n) is 5.78. The van der Waals surface area contributed by atoms with Gasteiger partial charge in [0.2, 0.25) is 11.8 Å². The van der Waals surface area contributed by atoms with E-state index in [0.29, 0.717) is 64.8 Å². The molecule has 2 heterocycles. The Kier molecular flexibility index (Phi) is 10.9. The van der Waals surface area contributed by atoms with Gasteiger partial charge in [-0.2, -0.15) is 0 Å². The predicted molar refractivity (Wildman–Crippen MR) is 127 cm³/mol. The van der Waals surface area contributed by atoms with Crippen LogP contribution in [0.5, 0.6) is 0 Å². The molecule has 3 rings (SSSR count). The van der Waals surface area contributed by atoms with E-state index >= 15 is 0 Å². The average Bonchev–Trinajstić information content (AvgIpc) is 3.09. The highest BCUT2D eigenvalue weighted by atomic mass is 16.6. The Balaban J connectivity index is 1.36. The molecule has 1 aromatic carbocycles. The fraction of sp³-hybridized carbons (Fsp3) is 0.625. The second-order valence-electron chi connectivity index (χ2n) is 8.28. The number of aryl methyl sites for hydroxylation is 2. The molecule has 35 heavy (non-hydrogen) atoms. The number of hydrogen-bond donors (Lipinski definition) is 2. The lowest BCUT2D eigenvalue weighted by Gasteiger charge is -2.21. The van der Waals surface area contributed by atoms with Crippen molar-refractivity contribution in [1.82, 2.24) is 14.5 Å². The van der Waals surface area contributed by atoms with Crippen LogP contribution in [0.2, 0.25) is 0 Å². The van der Waals surface area contributed by atoms with Crippen LogP contribution in [0, 0.1) is 0 Å². The smallest absolute Gasteiger partial charge is 0.329 e. The third kappa shape index (κ3) is 7.71. The van der Waals surface area contributed by atoms with E-state index in [2.05, 4.69) is 5.32 Å². The molecule has 2 aromatic rings. The first kappa shape index (κ1) is 27.0. The minimum atomic E-state index is -0.678. The zero-order valence-electron chi connectivity index (χ0n) is 20.2. The molecule has 1 fully saturated rings. The maximum atomic E-state index is 12.8. The summed E-state index contributed by atoms with van der Waals surface area (Å²) >= 11 is 0. The largest absolute Gasteiger partial charge is 0.394 e. The number of nitrogens with one attached hydrogen (secondary N) is 1. The van der Waals surface area contributed by atoms with Gasteiger partial charge in [-0.1, -0.05) is 6.07 Å². The number of hydrogen-bond acceptors (Lipinski definition) is 8. The quantitative estimate of drug-likeness (QED) is 0.252. The normalized spacial score (nSPS) is 16.2. The van der Waals surface area contributed by atoms with Gasteiger partial charge in [-0.25, -0.2) is 4.79 Å². The molecule has 0 radical (unpaired) electrons. The molecule has 2 N–H and O–H groups in total. The maximum Gasteiger partial charge on any atom is 0.329 e. The SMILES string of the molecule is Cn1c(=O)n(C2CCC(=O)NC2=O)c2ccc(CCCOCCOCCOCCOCCO)cc21. The molecule has 0 aliphatic carbocycles. The first-order valence-corrected chi connectivity index (χ1v) is 12.0. The Morgan fingerprint density at radius 3 is 2.17 bits per heavy atom. The second kappa shape index (κ2) is 14.1. The van der Waals surface area contributed by atoms with Gasteiger partial charge in [0.05, 0.1) is 63.9 Å². The van der Waals surface area contributed by atoms with E-state index in [9.17, 15) is 14.4 Å². The summed E-state index contributed by atoms with van der Waals surface area (Å²) in [6, 6.07) is 5.12. The monoisotopic (exact) mass is 493 g/mol. The van der Waals surface area contributed by atoms with E-state index < -0.39 is 11.9 Å². The lowest BCUT2D eigenvalue weighted by Crippen LogP contribution is -2.44. The highest BCUT2D eigenvalue weighted by Gasteiger charge is 2.31. The number of piperidine rings is 1. The Hall–Kier alpha value is -2.57. The van der Waals surface area contributed by atoms with Crippen molar-refractivity contribution in [3.05, 3.63) is 34.2 Å². The highest BCUT2D eigenvalue weighted by molar-refractivity contribution is 6.00. The van der Waals surface area contributed by atoms with Crippen molar-refractivity contribution in [2.24, 2.45) is 7.05 Å². The van der Waals surface area contributed by atoms with Gasteiger partial charge in [0.15, 0.2) is 0 Å². The van der Waals surface area contributed by atoms with Crippen LogP contribution in [-0.4, -0.2) is 85.5 Å². The van der Waals surface area contributed by atoms with Crippen molar-refractivity contribution < 1.29 is 33.6 Å². The van der Waals surface area contributed by atoms with Gasteiger partial charge in [-0.3, -0.25) is 24.0 Å². The first-order valence-electron chi connectivity index (χ1n) is 12.0. The number of imidazole rings is 1. The molecule has 0 spiro atoms. The molecular weight excluding hydrogens is 458 g/mol. The van der Waals surface area contributed by atoms with Gasteiger partial charge in [-0.15, -0.1) is 0 Å². The van der Waals surface area contributed by atoms with Gasteiger partial charge in [0.25, 0.3) is 0 Å². The number of benzene rings is 1. The third-order valence-corrected chi connectivity index (χ3v) is 5.78. The fourth-order valence-electron chi connectivity index (χ4n) is 4.00. The molecule has 1 saturated heterocycles. The van der Waals surface area contributed by atoms with Crippen molar-refractivity contribution in [3.8, 4) is 0 Å². The summed E-state index contributed by atoms with van der Waals surface area (Å²) in [5.74, 6) is -0.737. The zero-order valence-corrected chi connectivity index (χ0v) is 20.2. The average molecular weight is 494 g/mol. The highest BCUT2D eigenvalue weighted by Crippen LogP contribution is 2.24. The Morgan fingerprint density at radius 2 is 1.54 bits per heavy atom. The fourth-order valence-corrected chi connectivity index (χ4v) is 4.00. The molecule has 1 atom stereocenters. The van der Waals surface area contributed by atoms with Crippen LogP contribution in [0.3, 0.4) is 0 Å². The number of amides is 2.